The fourth-order valence-electron chi connectivity index (χ4n) is 2.86. The topological polar surface area (TPSA) is 66.9 Å². The first-order chi connectivity index (χ1) is 11.7. The van der Waals surface area contributed by atoms with Crippen molar-refractivity contribution in [3.63, 3.8) is 0 Å². The number of nitrogens with zero attached hydrogens (tertiary/aromatic N) is 2. The average molecular weight is 346 g/mol. The summed E-state index contributed by atoms with van der Waals surface area (Å²) in [5, 5.41) is 5.76. The fraction of sp³-hybridized carbons (Fsp3) is 0.389. The Hall–Kier alpha value is -2.57. The van der Waals surface area contributed by atoms with Crippen LogP contribution in [0.2, 0.25) is 0 Å². The van der Waals surface area contributed by atoms with E-state index in [2.05, 4.69) is 34.4 Å². The third-order valence-electron chi connectivity index (χ3n) is 4.63. The van der Waals surface area contributed by atoms with Crippen molar-refractivity contribution < 1.29 is 13.6 Å². The first-order valence-corrected chi connectivity index (χ1v) is 8.12. The number of amides is 1. The molecule has 1 aliphatic carbocycles. The van der Waals surface area contributed by atoms with Crippen LogP contribution < -0.4 is 10.6 Å². The van der Waals surface area contributed by atoms with Crippen LogP contribution >= 0.6 is 0 Å². The molecule has 0 saturated heterocycles. The van der Waals surface area contributed by atoms with Gasteiger partial charge in [-0.15, -0.1) is 0 Å². The highest BCUT2D eigenvalue weighted by molar-refractivity contribution is 5.94. The van der Waals surface area contributed by atoms with E-state index in [1.807, 2.05) is 0 Å². The van der Waals surface area contributed by atoms with Crippen LogP contribution in [0.1, 0.15) is 42.9 Å². The molecule has 7 heteroatoms. The number of carbonyl (C=O) groups is 1. The number of hydrogen-bond acceptors (Lipinski definition) is 4. The maximum absolute atomic E-state index is 13.3. The van der Waals surface area contributed by atoms with Gasteiger partial charge < -0.3 is 10.6 Å². The summed E-state index contributed by atoms with van der Waals surface area (Å²) in [6.45, 7) is 5.91. The lowest BCUT2D eigenvalue weighted by atomic mass is 9.67. The monoisotopic (exact) mass is 346 g/mol. The van der Waals surface area contributed by atoms with Gasteiger partial charge in [-0.25, -0.2) is 13.8 Å². The van der Waals surface area contributed by atoms with Gasteiger partial charge in [-0.3, -0.25) is 9.78 Å². The van der Waals surface area contributed by atoms with Crippen molar-refractivity contribution in [1.82, 2.24) is 15.3 Å². The number of halogens is 2. The Kier molecular flexibility index (Phi) is 4.41. The van der Waals surface area contributed by atoms with Gasteiger partial charge in [0, 0.05) is 17.8 Å². The van der Waals surface area contributed by atoms with Crippen LogP contribution in [0.5, 0.6) is 0 Å². The van der Waals surface area contributed by atoms with Crippen LogP contribution in [0.3, 0.4) is 0 Å². The second-order valence-electron chi connectivity index (χ2n) is 7.03. The summed E-state index contributed by atoms with van der Waals surface area (Å²) in [4.78, 5) is 20.9. The molecule has 1 unspecified atom stereocenters. The van der Waals surface area contributed by atoms with E-state index in [9.17, 15) is 13.6 Å². The second kappa shape index (κ2) is 6.38. The Morgan fingerprint density at radius 1 is 1.24 bits per heavy atom. The summed E-state index contributed by atoms with van der Waals surface area (Å²) < 4.78 is 26.6. The van der Waals surface area contributed by atoms with Gasteiger partial charge in [-0.05, 0) is 37.3 Å². The highest BCUT2D eigenvalue weighted by atomic mass is 19.1. The molecule has 1 aromatic heterocycles. The molecular weight excluding hydrogens is 326 g/mol. The van der Waals surface area contributed by atoms with E-state index in [0.717, 1.165) is 31.0 Å². The van der Waals surface area contributed by atoms with Crippen LogP contribution in [0, 0.1) is 24.0 Å². The fourth-order valence-corrected chi connectivity index (χ4v) is 2.86. The minimum absolute atomic E-state index is 0.0753. The first kappa shape index (κ1) is 17.3. The van der Waals surface area contributed by atoms with Crippen molar-refractivity contribution in [3.05, 3.63) is 47.4 Å². The maximum Gasteiger partial charge on any atom is 0.272 e. The SMILES string of the molecule is Cc1ncc(Nc2cc(F)cc(F)c2)nc1C(=O)NC1CCC1(C)C. The molecule has 0 bridgehead atoms. The third kappa shape index (κ3) is 3.75. The predicted molar refractivity (Wildman–Crippen MR) is 90.7 cm³/mol. The second-order valence-corrected chi connectivity index (χ2v) is 7.03. The average Bonchev–Trinajstić information content (AvgIpc) is 2.52. The van der Waals surface area contributed by atoms with E-state index in [1.165, 1.54) is 6.20 Å². The molecule has 0 spiro atoms. The zero-order valence-corrected chi connectivity index (χ0v) is 14.4. The molecule has 0 radical (unpaired) electrons. The zero-order valence-electron chi connectivity index (χ0n) is 14.4. The summed E-state index contributed by atoms with van der Waals surface area (Å²) in [5.41, 5.74) is 0.962. The molecule has 1 aromatic carbocycles. The highest BCUT2D eigenvalue weighted by Gasteiger charge is 2.39. The van der Waals surface area contributed by atoms with Crippen LogP contribution in [-0.2, 0) is 0 Å². The van der Waals surface area contributed by atoms with Crippen molar-refractivity contribution in [3.8, 4) is 0 Å². The molecule has 3 rings (SSSR count). The normalized spacial score (nSPS) is 18.4. The van der Waals surface area contributed by atoms with Crippen molar-refractivity contribution in [2.45, 2.75) is 39.7 Å². The van der Waals surface area contributed by atoms with Crippen LogP contribution in [0.25, 0.3) is 0 Å². The van der Waals surface area contributed by atoms with Gasteiger partial charge in [0.2, 0.25) is 0 Å². The molecule has 1 amide bonds. The Morgan fingerprint density at radius 3 is 2.48 bits per heavy atom. The number of carbonyl (C=O) groups excluding carboxylic acids is 1. The van der Waals surface area contributed by atoms with E-state index in [-0.39, 0.29) is 34.6 Å². The number of rotatable bonds is 4. The van der Waals surface area contributed by atoms with Gasteiger partial charge in [0.1, 0.15) is 17.5 Å². The number of anilines is 2. The number of nitrogens with one attached hydrogen (secondary N) is 2. The molecule has 5 nitrogen and oxygen atoms in total. The lowest BCUT2D eigenvalue weighted by Crippen LogP contribution is -2.52. The standard InChI is InChI=1S/C18H20F2N4O/c1-10-16(17(25)23-14-4-5-18(14,2)3)24-15(9-21-10)22-13-7-11(19)6-12(20)8-13/h6-9,14H,4-5H2,1-3H3,(H,22,24)(H,23,25). The van der Waals surface area contributed by atoms with Gasteiger partial charge in [0.05, 0.1) is 11.9 Å². The highest BCUT2D eigenvalue weighted by Crippen LogP contribution is 2.40. The maximum atomic E-state index is 13.3. The van der Waals surface area contributed by atoms with Crippen molar-refractivity contribution in [2.24, 2.45) is 5.41 Å². The van der Waals surface area contributed by atoms with Gasteiger partial charge >= 0.3 is 0 Å². The summed E-state index contributed by atoms with van der Waals surface area (Å²) in [7, 11) is 0. The number of hydrogen-bond donors (Lipinski definition) is 2. The van der Waals surface area contributed by atoms with Gasteiger partial charge in [0.25, 0.3) is 5.91 Å². The van der Waals surface area contributed by atoms with E-state index in [4.69, 9.17) is 0 Å². The van der Waals surface area contributed by atoms with Gasteiger partial charge in [-0.1, -0.05) is 13.8 Å². The summed E-state index contributed by atoms with van der Waals surface area (Å²) in [6, 6.07) is 3.17. The Labute approximate surface area is 144 Å². The smallest absolute Gasteiger partial charge is 0.272 e. The Morgan fingerprint density at radius 2 is 1.92 bits per heavy atom. The molecule has 2 aromatic rings. The largest absolute Gasteiger partial charge is 0.347 e. The number of aromatic nitrogens is 2. The number of aryl methyl sites for hydroxylation is 1. The van der Waals surface area contributed by atoms with Crippen molar-refractivity contribution in [1.29, 1.82) is 0 Å². The Balaban J connectivity index is 1.79. The molecule has 1 atom stereocenters. The van der Waals surface area contributed by atoms with Crippen LogP contribution in [0.4, 0.5) is 20.3 Å². The summed E-state index contributed by atoms with van der Waals surface area (Å²) >= 11 is 0. The van der Waals surface area contributed by atoms with Gasteiger partial charge in [0.15, 0.2) is 5.69 Å². The van der Waals surface area contributed by atoms with E-state index in [0.29, 0.717) is 5.69 Å². The molecule has 1 heterocycles. The van der Waals surface area contributed by atoms with E-state index in [1.54, 1.807) is 6.92 Å². The van der Waals surface area contributed by atoms with Crippen molar-refractivity contribution in [2.75, 3.05) is 5.32 Å². The number of benzene rings is 1. The molecule has 2 N–H and O–H groups in total. The lowest BCUT2D eigenvalue weighted by Gasteiger charge is -2.44. The predicted octanol–water partition coefficient (Wildman–Crippen LogP) is 3.73. The molecular formula is C18H20F2N4O. The minimum Gasteiger partial charge on any atom is -0.347 e. The minimum atomic E-state index is -0.701. The summed E-state index contributed by atoms with van der Waals surface area (Å²) in [6.07, 6.45) is 3.42. The molecule has 1 fully saturated rings. The van der Waals surface area contributed by atoms with Crippen LogP contribution in [-0.4, -0.2) is 21.9 Å². The van der Waals surface area contributed by atoms with Crippen molar-refractivity contribution >= 4 is 17.4 Å². The first-order valence-electron chi connectivity index (χ1n) is 8.12. The molecule has 0 aliphatic heterocycles. The Bertz CT molecular complexity index is 802. The molecule has 1 aliphatic rings. The van der Waals surface area contributed by atoms with Gasteiger partial charge in [-0.2, -0.15) is 0 Å². The quantitative estimate of drug-likeness (QED) is 0.885. The molecule has 132 valence electrons. The zero-order chi connectivity index (χ0) is 18.2. The lowest BCUT2D eigenvalue weighted by molar-refractivity contribution is 0.0727. The molecule has 1 saturated carbocycles. The molecule has 25 heavy (non-hydrogen) atoms. The van der Waals surface area contributed by atoms with E-state index >= 15 is 0 Å². The third-order valence-corrected chi connectivity index (χ3v) is 4.63. The van der Waals surface area contributed by atoms with Crippen LogP contribution in [0.15, 0.2) is 24.4 Å². The summed E-state index contributed by atoms with van der Waals surface area (Å²) in [5.74, 6) is -1.45. The van der Waals surface area contributed by atoms with E-state index < -0.39 is 11.6 Å².